The molecule has 0 rings (SSSR count). The fourth-order valence-corrected chi connectivity index (χ4v) is 0.564. The second kappa shape index (κ2) is 5.37. The molecule has 0 aromatic rings. The van der Waals surface area contributed by atoms with E-state index in [0.717, 1.165) is 0 Å². The van der Waals surface area contributed by atoms with Crippen LogP contribution in [-0.4, -0.2) is 23.8 Å². The van der Waals surface area contributed by atoms with E-state index in [-0.39, 0.29) is 0 Å². The van der Waals surface area contributed by atoms with Gasteiger partial charge in [-0.3, -0.25) is 0 Å². The van der Waals surface area contributed by atoms with Crippen molar-refractivity contribution in [3.05, 3.63) is 0 Å². The molecular formula is C5H10N2OS2. The molecule has 0 aromatic carbocycles. The second-order valence-electron chi connectivity index (χ2n) is 1.63. The van der Waals surface area contributed by atoms with Gasteiger partial charge in [0.2, 0.25) is 0 Å². The van der Waals surface area contributed by atoms with Gasteiger partial charge in [0, 0.05) is 13.0 Å². The molecule has 0 atom stereocenters. The lowest BCUT2D eigenvalue weighted by Gasteiger charge is -2.03. The minimum Gasteiger partial charge on any atom is -0.474 e. The Balaban J connectivity index is 3.20. The van der Waals surface area contributed by atoms with Gasteiger partial charge in [0.25, 0.3) is 5.17 Å². The fraction of sp³-hybridized carbons (Fsp3) is 0.600. The number of hydrogen-bond donors (Lipinski definition) is 2. The van der Waals surface area contributed by atoms with Crippen LogP contribution in [0.1, 0.15) is 6.42 Å². The molecule has 3 nitrogen and oxygen atoms in total. The van der Waals surface area contributed by atoms with Gasteiger partial charge in [-0.15, -0.1) is 0 Å². The molecule has 0 aliphatic heterocycles. The van der Waals surface area contributed by atoms with Gasteiger partial charge in [-0.05, 0) is 12.2 Å². The normalized spacial score (nSPS) is 8.50. The number of hydrogen-bond acceptors (Lipinski definition) is 3. The third-order valence-corrected chi connectivity index (χ3v) is 1.34. The van der Waals surface area contributed by atoms with Crippen molar-refractivity contribution in [2.24, 2.45) is 5.73 Å². The molecule has 0 aliphatic carbocycles. The van der Waals surface area contributed by atoms with Crippen LogP contribution in [0.25, 0.3) is 0 Å². The zero-order valence-electron chi connectivity index (χ0n) is 5.72. The van der Waals surface area contributed by atoms with E-state index in [9.17, 15) is 0 Å². The van der Waals surface area contributed by atoms with Crippen LogP contribution in [0.2, 0.25) is 0 Å². The Labute approximate surface area is 70.9 Å². The quantitative estimate of drug-likeness (QED) is 0.604. The molecule has 0 saturated heterocycles. The molecule has 0 spiro atoms. The van der Waals surface area contributed by atoms with E-state index in [4.69, 9.17) is 5.73 Å². The van der Waals surface area contributed by atoms with Crippen molar-refractivity contribution in [3.8, 4) is 0 Å². The van der Waals surface area contributed by atoms with Crippen molar-refractivity contribution in [1.29, 1.82) is 0 Å². The van der Waals surface area contributed by atoms with E-state index in [0.29, 0.717) is 23.1 Å². The molecular weight excluding hydrogens is 168 g/mol. The Morgan fingerprint density at radius 2 is 2.20 bits per heavy atom. The number of thiocarbonyl (C=S) groups is 2. The van der Waals surface area contributed by atoms with Gasteiger partial charge in [-0.1, -0.05) is 12.2 Å². The molecule has 5 heteroatoms. The van der Waals surface area contributed by atoms with Gasteiger partial charge in [0.1, 0.15) is 0 Å². The van der Waals surface area contributed by atoms with Gasteiger partial charge in [-0.2, -0.15) is 0 Å². The predicted octanol–water partition coefficient (Wildman–Crippen LogP) is 0.183. The maximum Gasteiger partial charge on any atom is 0.256 e. The highest BCUT2D eigenvalue weighted by atomic mass is 32.1. The van der Waals surface area contributed by atoms with Gasteiger partial charge >= 0.3 is 0 Å². The van der Waals surface area contributed by atoms with Crippen molar-refractivity contribution < 1.29 is 4.74 Å². The molecule has 0 heterocycles. The Morgan fingerprint density at radius 3 is 2.60 bits per heavy atom. The molecule has 0 amide bonds. The van der Waals surface area contributed by atoms with Crippen LogP contribution in [0.15, 0.2) is 0 Å². The Morgan fingerprint density at radius 1 is 1.60 bits per heavy atom. The van der Waals surface area contributed by atoms with Gasteiger partial charge in [-0.25, -0.2) is 0 Å². The van der Waals surface area contributed by atoms with Crippen molar-refractivity contribution in [1.82, 2.24) is 5.32 Å². The average Bonchev–Trinajstić information content (AvgIpc) is 1.87. The Kier molecular flexibility index (Phi) is 5.15. The Bertz CT molecular complexity index is 138. The van der Waals surface area contributed by atoms with Crippen molar-refractivity contribution in [3.63, 3.8) is 0 Å². The SMILES string of the molecule is COC(=S)NCCC(N)=S. The van der Waals surface area contributed by atoms with E-state index in [1.54, 1.807) is 0 Å². The highest BCUT2D eigenvalue weighted by Gasteiger charge is 1.92. The Hall–Kier alpha value is -0.420. The third-order valence-electron chi connectivity index (χ3n) is 0.826. The van der Waals surface area contributed by atoms with Crippen LogP contribution < -0.4 is 11.1 Å². The number of nitrogens with one attached hydrogen (secondary N) is 1. The van der Waals surface area contributed by atoms with Crippen molar-refractivity contribution in [2.45, 2.75) is 6.42 Å². The van der Waals surface area contributed by atoms with Crippen LogP contribution in [0.5, 0.6) is 0 Å². The highest BCUT2D eigenvalue weighted by Crippen LogP contribution is 1.78. The minimum absolute atomic E-state index is 0.372. The fourth-order valence-electron chi connectivity index (χ4n) is 0.360. The van der Waals surface area contributed by atoms with Gasteiger partial charge in [0.05, 0.1) is 12.1 Å². The van der Waals surface area contributed by atoms with E-state index in [1.165, 1.54) is 7.11 Å². The summed E-state index contributed by atoms with van der Waals surface area (Å²) in [5.74, 6) is 0. The summed E-state index contributed by atoms with van der Waals surface area (Å²) >= 11 is 9.33. The van der Waals surface area contributed by atoms with E-state index < -0.39 is 0 Å². The first kappa shape index (κ1) is 9.58. The summed E-state index contributed by atoms with van der Waals surface area (Å²) in [6.07, 6.45) is 0.638. The van der Waals surface area contributed by atoms with Gasteiger partial charge in [0.15, 0.2) is 0 Å². The summed E-state index contributed by atoms with van der Waals surface area (Å²) in [5.41, 5.74) is 5.23. The maximum absolute atomic E-state index is 5.23. The predicted molar refractivity (Wildman–Crippen MR) is 49.0 cm³/mol. The summed E-state index contributed by atoms with van der Waals surface area (Å²) < 4.78 is 4.67. The zero-order chi connectivity index (χ0) is 7.98. The molecule has 0 fully saturated rings. The third kappa shape index (κ3) is 5.71. The number of ether oxygens (including phenoxy) is 1. The first-order valence-corrected chi connectivity index (χ1v) is 3.58. The van der Waals surface area contributed by atoms with E-state index >= 15 is 0 Å². The lowest BCUT2D eigenvalue weighted by atomic mass is 10.4. The number of nitrogens with two attached hydrogens (primary N) is 1. The van der Waals surface area contributed by atoms with Crippen LogP contribution in [0, 0.1) is 0 Å². The summed E-state index contributed by atoms with van der Waals surface area (Å²) in [6.45, 7) is 0.641. The molecule has 0 unspecified atom stereocenters. The molecule has 0 aliphatic rings. The largest absolute Gasteiger partial charge is 0.474 e. The van der Waals surface area contributed by atoms with E-state index in [1.807, 2.05) is 0 Å². The molecule has 0 radical (unpaired) electrons. The van der Waals surface area contributed by atoms with E-state index in [2.05, 4.69) is 34.5 Å². The monoisotopic (exact) mass is 178 g/mol. The van der Waals surface area contributed by atoms with Crippen molar-refractivity contribution >= 4 is 34.6 Å². The highest BCUT2D eigenvalue weighted by molar-refractivity contribution is 7.80. The lowest BCUT2D eigenvalue weighted by molar-refractivity contribution is 0.394. The summed E-state index contributed by atoms with van der Waals surface area (Å²) in [6, 6.07) is 0. The zero-order valence-corrected chi connectivity index (χ0v) is 7.35. The second-order valence-corrected chi connectivity index (χ2v) is 2.53. The summed E-state index contributed by atoms with van der Waals surface area (Å²) in [7, 11) is 1.51. The van der Waals surface area contributed by atoms with Gasteiger partial charge < -0.3 is 15.8 Å². The minimum atomic E-state index is 0.372. The van der Waals surface area contributed by atoms with Crippen LogP contribution in [0.3, 0.4) is 0 Å². The summed E-state index contributed by atoms with van der Waals surface area (Å²) in [5, 5.41) is 3.18. The number of rotatable bonds is 3. The standard InChI is InChI=1S/C5H10N2OS2/c1-8-5(10)7-3-2-4(6)9/h2-3H2,1H3,(H2,6,9)(H,7,10). The molecule has 0 saturated carbocycles. The molecule has 0 aromatic heterocycles. The van der Waals surface area contributed by atoms with Crippen LogP contribution in [-0.2, 0) is 4.74 Å². The first-order valence-electron chi connectivity index (χ1n) is 2.77. The topological polar surface area (TPSA) is 47.3 Å². The first-order chi connectivity index (χ1) is 4.66. The molecule has 0 bridgehead atoms. The molecule has 10 heavy (non-hydrogen) atoms. The smallest absolute Gasteiger partial charge is 0.256 e. The number of methoxy groups -OCH3 is 1. The lowest BCUT2D eigenvalue weighted by Crippen LogP contribution is -2.26. The molecule has 58 valence electrons. The van der Waals surface area contributed by atoms with Crippen LogP contribution in [0.4, 0.5) is 0 Å². The molecule has 3 N–H and O–H groups in total. The van der Waals surface area contributed by atoms with Crippen molar-refractivity contribution in [2.75, 3.05) is 13.7 Å². The summed E-state index contributed by atoms with van der Waals surface area (Å²) in [4.78, 5) is 0.478. The average molecular weight is 178 g/mol. The van der Waals surface area contributed by atoms with Crippen LogP contribution >= 0.6 is 24.4 Å². The maximum atomic E-state index is 5.23.